The Morgan fingerprint density at radius 2 is 1.81 bits per heavy atom. The average molecular weight is 378 g/mol. The molecule has 0 radical (unpaired) electrons. The molecule has 0 heterocycles. The highest BCUT2D eigenvalue weighted by Gasteiger charge is 2.17. The molecule has 2 aromatic rings. The van der Waals surface area contributed by atoms with Gasteiger partial charge in [0.15, 0.2) is 17.7 Å². The predicted molar refractivity (Wildman–Crippen MR) is 96.5 cm³/mol. The standard InChI is InChI=1S/C18H19FN2O4S/c1-12(25-16-6-4-3-5-15(16)19)18(23)21-20-17(22)11-26-14-9-7-13(24-2)8-10-14/h3-10,12H,11H2,1-2H3,(H,20,22)(H,21,23)/t12-/m1/s1. The Bertz CT molecular complexity index is 755. The lowest BCUT2D eigenvalue weighted by molar-refractivity contribution is -0.132. The van der Waals surface area contributed by atoms with E-state index in [0.717, 1.165) is 10.6 Å². The fraction of sp³-hybridized carbons (Fsp3) is 0.222. The minimum atomic E-state index is -0.971. The van der Waals surface area contributed by atoms with E-state index < -0.39 is 17.8 Å². The van der Waals surface area contributed by atoms with Crippen molar-refractivity contribution in [2.24, 2.45) is 0 Å². The Morgan fingerprint density at radius 3 is 2.46 bits per heavy atom. The molecular formula is C18H19FN2O4S. The van der Waals surface area contributed by atoms with Crippen molar-refractivity contribution >= 4 is 23.6 Å². The molecule has 0 bridgehead atoms. The van der Waals surface area contributed by atoms with Gasteiger partial charge < -0.3 is 9.47 Å². The van der Waals surface area contributed by atoms with Crippen molar-refractivity contribution < 1.29 is 23.5 Å². The molecule has 138 valence electrons. The molecule has 8 heteroatoms. The predicted octanol–water partition coefficient (Wildman–Crippen LogP) is 2.54. The maximum atomic E-state index is 13.5. The van der Waals surface area contributed by atoms with Gasteiger partial charge in [0.05, 0.1) is 12.9 Å². The number of methoxy groups -OCH3 is 1. The van der Waals surface area contributed by atoms with E-state index >= 15 is 0 Å². The molecule has 0 unspecified atom stereocenters. The Morgan fingerprint density at radius 1 is 1.12 bits per heavy atom. The van der Waals surface area contributed by atoms with Gasteiger partial charge in [0.2, 0.25) is 5.91 Å². The average Bonchev–Trinajstić information content (AvgIpc) is 2.66. The van der Waals surface area contributed by atoms with Gasteiger partial charge in [-0.15, -0.1) is 11.8 Å². The number of thioether (sulfide) groups is 1. The van der Waals surface area contributed by atoms with Gasteiger partial charge >= 0.3 is 0 Å². The summed E-state index contributed by atoms with van der Waals surface area (Å²) in [5.74, 6) is -0.707. The molecule has 0 aliphatic rings. The van der Waals surface area contributed by atoms with E-state index in [1.54, 1.807) is 25.3 Å². The zero-order chi connectivity index (χ0) is 18.9. The summed E-state index contributed by atoms with van der Waals surface area (Å²) >= 11 is 1.31. The van der Waals surface area contributed by atoms with Gasteiger partial charge in [-0.2, -0.15) is 0 Å². The van der Waals surface area contributed by atoms with Crippen LogP contribution in [0.4, 0.5) is 4.39 Å². The van der Waals surface area contributed by atoms with Gasteiger partial charge in [-0.25, -0.2) is 4.39 Å². The van der Waals surface area contributed by atoms with Crippen molar-refractivity contribution in [2.75, 3.05) is 12.9 Å². The molecule has 0 aromatic heterocycles. The van der Waals surface area contributed by atoms with Crippen LogP contribution >= 0.6 is 11.8 Å². The first-order valence-electron chi connectivity index (χ1n) is 7.76. The molecule has 1 atom stereocenters. The van der Waals surface area contributed by atoms with Gasteiger partial charge in [0.1, 0.15) is 5.75 Å². The van der Waals surface area contributed by atoms with Gasteiger partial charge in [0.25, 0.3) is 5.91 Å². The van der Waals surface area contributed by atoms with Crippen LogP contribution in [-0.2, 0) is 9.59 Å². The van der Waals surface area contributed by atoms with Crippen LogP contribution in [0.1, 0.15) is 6.92 Å². The van der Waals surface area contributed by atoms with Crippen molar-refractivity contribution in [3.8, 4) is 11.5 Å². The van der Waals surface area contributed by atoms with E-state index in [2.05, 4.69) is 10.9 Å². The summed E-state index contributed by atoms with van der Waals surface area (Å²) in [5.41, 5.74) is 4.56. The Balaban J connectivity index is 1.73. The maximum absolute atomic E-state index is 13.5. The third-order valence-electron chi connectivity index (χ3n) is 3.26. The highest BCUT2D eigenvalue weighted by atomic mass is 32.2. The second-order valence-electron chi connectivity index (χ2n) is 5.19. The first kappa shape index (κ1) is 19.6. The fourth-order valence-electron chi connectivity index (χ4n) is 1.87. The minimum absolute atomic E-state index is 0.0310. The molecular weight excluding hydrogens is 359 g/mol. The van der Waals surface area contributed by atoms with Gasteiger partial charge in [-0.1, -0.05) is 12.1 Å². The van der Waals surface area contributed by atoms with E-state index in [1.165, 1.54) is 36.9 Å². The molecule has 0 aliphatic heterocycles. The van der Waals surface area contributed by atoms with E-state index in [-0.39, 0.29) is 17.4 Å². The quantitative estimate of drug-likeness (QED) is 0.572. The zero-order valence-corrected chi connectivity index (χ0v) is 15.1. The van der Waals surface area contributed by atoms with Crippen molar-refractivity contribution in [2.45, 2.75) is 17.9 Å². The molecule has 0 fully saturated rings. The molecule has 0 saturated heterocycles. The Hall–Kier alpha value is -2.74. The highest BCUT2D eigenvalue weighted by Crippen LogP contribution is 2.21. The molecule has 6 nitrogen and oxygen atoms in total. The molecule has 0 aliphatic carbocycles. The number of para-hydroxylation sites is 1. The van der Waals surface area contributed by atoms with Crippen LogP contribution in [0.2, 0.25) is 0 Å². The first-order chi connectivity index (χ1) is 12.5. The summed E-state index contributed by atoms with van der Waals surface area (Å²) in [6, 6.07) is 13.0. The lowest BCUT2D eigenvalue weighted by atomic mass is 10.3. The smallest absolute Gasteiger partial charge is 0.279 e. The number of hydrogen-bond donors (Lipinski definition) is 2. The van der Waals surface area contributed by atoms with Crippen LogP contribution in [0.15, 0.2) is 53.4 Å². The monoisotopic (exact) mass is 378 g/mol. The van der Waals surface area contributed by atoms with Crippen molar-refractivity contribution in [3.05, 3.63) is 54.3 Å². The highest BCUT2D eigenvalue weighted by molar-refractivity contribution is 8.00. The number of amides is 2. The van der Waals surface area contributed by atoms with Crippen LogP contribution in [0.5, 0.6) is 11.5 Å². The molecule has 0 saturated carbocycles. The van der Waals surface area contributed by atoms with Crippen LogP contribution in [-0.4, -0.2) is 30.8 Å². The fourth-order valence-corrected chi connectivity index (χ4v) is 2.57. The summed E-state index contributed by atoms with van der Waals surface area (Å²) in [7, 11) is 1.58. The normalized spacial score (nSPS) is 11.3. The largest absolute Gasteiger partial charge is 0.497 e. The first-order valence-corrected chi connectivity index (χ1v) is 8.75. The molecule has 2 aromatic carbocycles. The molecule has 26 heavy (non-hydrogen) atoms. The second kappa shape index (κ2) is 9.67. The van der Waals surface area contributed by atoms with E-state index in [1.807, 2.05) is 12.1 Å². The Kier molecular flexibility index (Phi) is 7.28. The lowest BCUT2D eigenvalue weighted by Crippen LogP contribution is -2.47. The number of halogens is 1. The second-order valence-corrected chi connectivity index (χ2v) is 6.24. The van der Waals surface area contributed by atoms with Crippen LogP contribution < -0.4 is 20.3 Å². The van der Waals surface area contributed by atoms with Crippen LogP contribution in [0, 0.1) is 5.82 Å². The van der Waals surface area contributed by atoms with Crippen molar-refractivity contribution in [1.82, 2.24) is 10.9 Å². The van der Waals surface area contributed by atoms with Crippen molar-refractivity contribution in [1.29, 1.82) is 0 Å². The van der Waals surface area contributed by atoms with Crippen LogP contribution in [0.25, 0.3) is 0 Å². The van der Waals surface area contributed by atoms with Gasteiger partial charge in [-0.05, 0) is 43.3 Å². The van der Waals surface area contributed by atoms with E-state index in [9.17, 15) is 14.0 Å². The number of benzene rings is 2. The zero-order valence-electron chi connectivity index (χ0n) is 14.3. The summed E-state index contributed by atoms with van der Waals surface area (Å²) < 4.78 is 23.8. The minimum Gasteiger partial charge on any atom is -0.497 e. The molecule has 0 spiro atoms. The summed E-state index contributed by atoms with van der Waals surface area (Å²) in [5, 5.41) is 0. The molecule has 2 amide bonds. The number of carbonyl (C=O) groups is 2. The van der Waals surface area contributed by atoms with Gasteiger partial charge in [-0.3, -0.25) is 20.4 Å². The number of carbonyl (C=O) groups excluding carboxylic acids is 2. The third kappa shape index (κ3) is 5.96. The SMILES string of the molecule is COc1ccc(SCC(=O)NNC(=O)[C@@H](C)Oc2ccccc2F)cc1. The number of ether oxygens (including phenoxy) is 2. The van der Waals surface area contributed by atoms with Gasteiger partial charge in [0, 0.05) is 4.90 Å². The number of rotatable bonds is 7. The molecule has 2 rings (SSSR count). The van der Waals surface area contributed by atoms with Crippen LogP contribution in [0.3, 0.4) is 0 Å². The molecule has 2 N–H and O–H groups in total. The number of hydrazine groups is 1. The number of hydrogen-bond acceptors (Lipinski definition) is 5. The maximum Gasteiger partial charge on any atom is 0.279 e. The Labute approximate surface area is 155 Å². The number of nitrogens with one attached hydrogen (secondary N) is 2. The summed E-state index contributed by atoms with van der Waals surface area (Å²) in [6.07, 6.45) is -0.971. The summed E-state index contributed by atoms with van der Waals surface area (Å²) in [4.78, 5) is 24.6. The lowest BCUT2D eigenvalue weighted by Gasteiger charge is -2.15. The van der Waals surface area contributed by atoms with Crippen molar-refractivity contribution in [3.63, 3.8) is 0 Å². The third-order valence-corrected chi connectivity index (χ3v) is 4.28. The van der Waals surface area contributed by atoms with E-state index in [4.69, 9.17) is 9.47 Å². The topological polar surface area (TPSA) is 76.7 Å². The van der Waals surface area contributed by atoms with E-state index in [0.29, 0.717) is 0 Å². The summed E-state index contributed by atoms with van der Waals surface area (Å²) in [6.45, 7) is 1.46.